The van der Waals surface area contributed by atoms with E-state index in [1.807, 2.05) is 31.2 Å². The molecule has 1 aromatic rings. The molecule has 0 fully saturated rings. The number of hydrogen-bond donors (Lipinski definition) is 0. The van der Waals surface area contributed by atoms with Gasteiger partial charge in [-0.25, -0.2) is 4.57 Å². The molecule has 0 bridgehead atoms. The van der Waals surface area contributed by atoms with Crippen molar-refractivity contribution in [2.24, 2.45) is 0 Å². The number of phosphoric ester groups is 1. The molecular formula is C20H35O4P. The van der Waals surface area contributed by atoms with Gasteiger partial charge in [-0.3, -0.25) is 9.05 Å². The van der Waals surface area contributed by atoms with Gasteiger partial charge >= 0.3 is 7.82 Å². The number of unbranched alkanes of at least 4 members (excludes halogenated alkanes) is 7. The van der Waals surface area contributed by atoms with Crippen molar-refractivity contribution >= 4 is 7.82 Å². The van der Waals surface area contributed by atoms with Crippen LogP contribution in [0.4, 0.5) is 0 Å². The molecule has 1 unspecified atom stereocenters. The molecule has 0 spiro atoms. The maximum Gasteiger partial charge on any atom is 0.529 e. The normalized spacial score (nSPS) is 13.6. The second-order valence-electron chi connectivity index (χ2n) is 6.42. The zero-order valence-electron chi connectivity index (χ0n) is 16.2. The number of rotatable bonds is 15. The Labute approximate surface area is 153 Å². The van der Waals surface area contributed by atoms with Crippen LogP contribution in [0.15, 0.2) is 24.3 Å². The van der Waals surface area contributed by atoms with E-state index in [0.717, 1.165) is 19.3 Å². The molecule has 144 valence electrons. The summed E-state index contributed by atoms with van der Waals surface area (Å²) in [5, 5.41) is 0. The van der Waals surface area contributed by atoms with E-state index in [1.165, 1.54) is 57.6 Å². The van der Waals surface area contributed by atoms with E-state index in [2.05, 4.69) is 6.92 Å². The molecule has 0 aliphatic carbocycles. The largest absolute Gasteiger partial charge is 0.529 e. The lowest BCUT2D eigenvalue weighted by molar-refractivity contribution is 0.177. The van der Waals surface area contributed by atoms with Gasteiger partial charge in [-0.15, -0.1) is 0 Å². The minimum atomic E-state index is -3.51. The lowest BCUT2D eigenvalue weighted by Crippen LogP contribution is -2.01. The third-order valence-electron chi connectivity index (χ3n) is 4.18. The van der Waals surface area contributed by atoms with Crippen LogP contribution in [0.5, 0.6) is 5.75 Å². The monoisotopic (exact) mass is 370 g/mol. The average Bonchev–Trinajstić information content (AvgIpc) is 2.62. The highest BCUT2D eigenvalue weighted by Gasteiger charge is 2.26. The van der Waals surface area contributed by atoms with Crippen LogP contribution in [0.1, 0.15) is 77.2 Å². The number of phosphoric acid groups is 1. The smallest absolute Gasteiger partial charge is 0.404 e. The first-order valence-electron chi connectivity index (χ1n) is 9.72. The Kier molecular flexibility index (Phi) is 11.9. The van der Waals surface area contributed by atoms with Crippen molar-refractivity contribution < 1.29 is 18.1 Å². The molecule has 0 heterocycles. The van der Waals surface area contributed by atoms with Crippen LogP contribution < -0.4 is 4.52 Å². The molecule has 1 aromatic carbocycles. The lowest BCUT2D eigenvalue weighted by Gasteiger charge is -2.16. The van der Waals surface area contributed by atoms with Crippen molar-refractivity contribution in [3.05, 3.63) is 29.8 Å². The van der Waals surface area contributed by atoms with E-state index in [4.69, 9.17) is 13.6 Å². The van der Waals surface area contributed by atoms with Gasteiger partial charge in [-0.1, -0.05) is 70.9 Å². The minimum Gasteiger partial charge on any atom is -0.404 e. The topological polar surface area (TPSA) is 44.8 Å². The van der Waals surface area contributed by atoms with Gasteiger partial charge in [0.25, 0.3) is 0 Å². The van der Waals surface area contributed by atoms with Crippen LogP contribution in [0, 0.1) is 0 Å². The number of hydrogen-bond acceptors (Lipinski definition) is 4. The van der Waals surface area contributed by atoms with Crippen molar-refractivity contribution in [3.63, 3.8) is 0 Å². The van der Waals surface area contributed by atoms with Crippen LogP contribution in [0.25, 0.3) is 0 Å². The van der Waals surface area contributed by atoms with E-state index in [9.17, 15) is 4.57 Å². The lowest BCUT2D eigenvalue weighted by atomic mass is 10.0. The second-order valence-corrected chi connectivity index (χ2v) is 8.12. The maximum atomic E-state index is 12.4. The number of aryl methyl sites for hydroxylation is 1. The molecule has 4 nitrogen and oxygen atoms in total. The molecule has 1 atom stereocenters. The quantitative estimate of drug-likeness (QED) is 0.248. The van der Waals surface area contributed by atoms with Crippen molar-refractivity contribution in [2.45, 2.75) is 78.1 Å². The first-order chi connectivity index (χ1) is 12.1. The Balaban J connectivity index is 2.33. The molecule has 0 amide bonds. The van der Waals surface area contributed by atoms with Crippen molar-refractivity contribution in [3.8, 4) is 5.75 Å². The van der Waals surface area contributed by atoms with Gasteiger partial charge in [-0.05, 0) is 37.0 Å². The first kappa shape index (κ1) is 22.2. The third kappa shape index (κ3) is 10.0. The summed E-state index contributed by atoms with van der Waals surface area (Å²) in [7, 11) is -2.16. The van der Waals surface area contributed by atoms with E-state index >= 15 is 0 Å². The molecule has 0 radical (unpaired) electrons. The van der Waals surface area contributed by atoms with E-state index < -0.39 is 7.82 Å². The van der Waals surface area contributed by atoms with Gasteiger partial charge in [-0.2, -0.15) is 0 Å². The van der Waals surface area contributed by atoms with Crippen molar-refractivity contribution in [1.82, 2.24) is 0 Å². The van der Waals surface area contributed by atoms with E-state index in [0.29, 0.717) is 12.4 Å². The summed E-state index contributed by atoms with van der Waals surface area (Å²) < 4.78 is 28.0. The molecule has 0 aliphatic heterocycles. The Morgan fingerprint density at radius 3 is 2.04 bits per heavy atom. The maximum absolute atomic E-state index is 12.4. The molecule has 1 rings (SSSR count). The molecule has 0 N–H and O–H groups in total. The Bertz CT molecular complexity index is 487. The van der Waals surface area contributed by atoms with E-state index in [1.54, 1.807) is 0 Å². The van der Waals surface area contributed by atoms with Gasteiger partial charge in [0.15, 0.2) is 0 Å². The Morgan fingerprint density at radius 1 is 0.840 bits per heavy atom. The predicted molar refractivity (Wildman–Crippen MR) is 104 cm³/mol. The highest BCUT2D eigenvalue weighted by Crippen LogP contribution is 2.48. The molecular weight excluding hydrogens is 335 g/mol. The zero-order chi connectivity index (χ0) is 18.4. The van der Waals surface area contributed by atoms with Gasteiger partial charge < -0.3 is 4.52 Å². The fourth-order valence-electron chi connectivity index (χ4n) is 2.57. The summed E-state index contributed by atoms with van der Waals surface area (Å²) in [6, 6.07) is 7.73. The van der Waals surface area contributed by atoms with Gasteiger partial charge in [0.2, 0.25) is 0 Å². The van der Waals surface area contributed by atoms with Crippen LogP contribution in [0.3, 0.4) is 0 Å². The molecule has 5 heteroatoms. The van der Waals surface area contributed by atoms with Gasteiger partial charge in [0.05, 0.1) is 6.61 Å². The summed E-state index contributed by atoms with van der Waals surface area (Å²) in [4.78, 5) is 0. The third-order valence-corrected chi connectivity index (χ3v) is 5.56. The van der Waals surface area contributed by atoms with E-state index in [-0.39, 0.29) is 0 Å². The predicted octanol–water partition coefficient (Wildman–Crippen LogP) is 6.93. The van der Waals surface area contributed by atoms with Crippen molar-refractivity contribution in [1.29, 1.82) is 0 Å². The average molecular weight is 370 g/mol. The fourth-order valence-corrected chi connectivity index (χ4v) is 3.53. The zero-order valence-corrected chi connectivity index (χ0v) is 17.1. The second kappa shape index (κ2) is 13.4. The Hall–Kier alpha value is -0.830. The summed E-state index contributed by atoms with van der Waals surface area (Å²) in [5.41, 5.74) is 1.28. The van der Waals surface area contributed by atoms with Gasteiger partial charge in [0.1, 0.15) is 5.75 Å². The van der Waals surface area contributed by atoms with Crippen LogP contribution in [-0.2, 0) is 20.0 Å². The minimum absolute atomic E-state index is 0.373. The molecule has 0 saturated carbocycles. The SMILES string of the molecule is CCCCCCCCCc1ccc(OP(=O)(OC)OCCCC)cc1. The highest BCUT2D eigenvalue weighted by atomic mass is 31.2. The molecule has 0 aromatic heterocycles. The standard InChI is InChI=1S/C20H35O4P/c1-4-6-8-9-10-11-12-13-19-14-16-20(17-15-19)24-25(21,22-3)23-18-7-5-2/h14-17H,4-13,18H2,1-3H3. The number of benzene rings is 1. The summed E-state index contributed by atoms with van der Waals surface area (Å²) in [5.74, 6) is 0.519. The van der Waals surface area contributed by atoms with Crippen LogP contribution >= 0.6 is 7.82 Å². The fraction of sp³-hybridized carbons (Fsp3) is 0.700. The summed E-state index contributed by atoms with van der Waals surface area (Å²) in [6.45, 7) is 4.67. The van der Waals surface area contributed by atoms with Crippen molar-refractivity contribution in [2.75, 3.05) is 13.7 Å². The molecule has 0 aliphatic rings. The summed E-state index contributed by atoms with van der Waals surface area (Å²) >= 11 is 0. The van der Waals surface area contributed by atoms with Crippen LogP contribution in [0.2, 0.25) is 0 Å². The molecule has 0 saturated heterocycles. The van der Waals surface area contributed by atoms with Crippen LogP contribution in [-0.4, -0.2) is 13.7 Å². The Morgan fingerprint density at radius 2 is 1.44 bits per heavy atom. The first-order valence-corrected chi connectivity index (χ1v) is 11.2. The summed E-state index contributed by atoms with van der Waals surface area (Å²) in [6.07, 6.45) is 12.1. The van der Waals surface area contributed by atoms with Gasteiger partial charge in [0, 0.05) is 7.11 Å². The highest BCUT2D eigenvalue weighted by molar-refractivity contribution is 7.48. The molecule has 25 heavy (non-hydrogen) atoms.